The number of aromatic amines is 1. The molecule has 0 aliphatic carbocycles. The van der Waals surface area contributed by atoms with E-state index < -0.39 is 28.6 Å². The average molecular weight is 443 g/mol. The Balaban J connectivity index is 1.70. The van der Waals surface area contributed by atoms with Gasteiger partial charge in [0, 0.05) is 11.8 Å². The minimum atomic E-state index is -4.74. The lowest BCUT2D eigenvalue weighted by Gasteiger charge is -2.17. The van der Waals surface area contributed by atoms with Crippen LogP contribution in [0, 0.1) is 0 Å². The Hall–Kier alpha value is -3.72. The van der Waals surface area contributed by atoms with Crippen LogP contribution in [-0.4, -0.2) is 27.0 Å². The van der Waals surface area contributed by atoms with Gasteiger partial charge in [0.1, 0.15) is 0 Å². The highest BCUT2D eigenvalue weighted by Crippen LogP contribution is 2.40. The number of aromatic nitrogens is 3. The number of pyridine rings is 1. The van der Waals surface area contributed by atoms with Gasteiger partial charge in [-0.2, -0.15) is 18.3 Å². The van der Waals surface area contributed by atoms with Gasteiger partial charge in [-0.3, -0.25) is 14.7 Å². The number of benzene rings is 2. The second kappa shape index (κ2) is 6.64. The maximum Gasteiger partial charge on any atom is 0.417 e. The van der Waals surface area contributed by atoms with E-state index in [1.807, 2.05) is 6.07 Å². The third-order valence-electron chi connectivity index (χ3n) is 5.01. The maximum atomic E-state index is 13.3. The van der Waals surface area contributed by atoms with Crippen molar-refractivity contribution in [1.82, 2.24) is 15.2 Å². The summed E-state index contributed by atoms with van der Waals surface area (Å²) < 4.78 is 39.9. The zero-order valence-corrected chi connectivity index (χ0v) is 16.1. The maximum absolute atomic E-state index is 13.3. The van der Waals surface area contributed by atoms with Crippen LogP contribution in [0.5, 0.6) is 0 Å². The number of nitrogens with zero attached hydrogens (tertiary/aromatic N) is 3. The van der Waals surface area contributed by atoms with Crippen LogP contribution in [-0.2, 0) is 6.18 Å². The van der Waals surface area contributed by atoms with Crippen molar-refractivity contribution in [3.63, 3.8) is 0 Å². The molecule has 0 bridgehead atoms. The van der Waals surface area contributed by atoms with E-state index in [2.05, 4.69) is 15.2 Å². The molecule has 0 fully saturated rings. The average Bonchev–Trinajstić information content (AvgIpc) is 3.28. The van der Waals surface area contributed by atoms with E-state index in [-0.39, 0.29) is 22.5 Å². The van der Waals surface area contributed by atoms with Gasteiger partial charge in [0.05, 0.1) is 38.5 Å². The molecule has 0 saturated carbocycles. The molecule has 5 rings (SSSR count). The number of carbonyl (C=O) groups excluding carboxylic acids is 2. The highest BCUT2D eigenvalue weighted by Gasteiger charge is 2.41. The van der Waals surface area contributed by atoms with Gasteiger partial charge in [-0.15, -0.1) is 0 Å². The van der Waals surface area contributed by atoms with Crippen molar-refractivity contribution in [2.45, 2.75) is 6.18 Å². The molecule has 2 amide bonds. The predicted octanol–water partition coefficient (Wildman–Crippen LogP) is 5.10. The topological polar surface area (TPSA) is 79.0 Å². The standard InChI is InChI=1S/C21H10ClF3N4O2/c22-14-7-6-11(8-13(14)21(23,24)25)29-19(30)12-9-26-18-16(15(12)20(29)31)17(27-28-18)10-4-2-1-3-5-10/h1-9H,(H,26,27,28). The molecule has 0 radical (unpaired) electrons. The number of imide groups is 1. The quantitative estimate of drug-likeness (QED) is 0.438. The van der Waals surface area contributed by atoms with Gasteiger partial charge in [0.25, 0.3) is 11.8 Å². The first kappa shape index (κ1) is 19.3. The number of hydrogen-bond donors (Lipinski definition) is 1. The van der Waals surface area contributed by atoms with Gasteiger partial charge >= 0.3 is 6.18 Å². The Morgan fingerprint density at radius 3 is 2.45 bits per heavy atom. The number of hydrogen-bond acceptors (Lipinski definition) is 4. The summed E-state index contributed by atoms with van der Waals surface area (Å²) in [7, 11) is 0. The number of amides is 2. The number of carbonyl (C=O) groups is 2. The van der Waals surface area contributed by atoms with E-state index in [0.29, 0.717) is 27.6 Å². The molecule has 2 aromatic heterocycles. The third-order valence-corrected chi connectivity index (χ3v) is 5.34. The minimum absolute atomic E-state index is 0.0143. The first-order valence-electron chi connectivity index (χ1n) is 8.95. The van der Waals surface area contributed by atoms with Crippen molar-refractivity contribution in [2.75, 3.05) is 4.90 Å². The van der Waals surface area contributed by atoms with Crippen LogP contribution in [0.2, 0.25) is 5.02 Å². The molecule has 154 valence electrons. The highest BCUT2D eigenvalue weighted by molar-refractivity contribution is 6.38. The van der Waals surface area contributed by atoms with Gasteiger partial charge in [0.2, 0.25) is 0 Å². The molecule has 4 aromatic rings. The summed E-state index contributed by atoms with van der Waals surface area (Å²) in [6, 6.07) is 11.9. The fraction of sp³-hybridized carbons (Fsp3) is 0.0476. The SMILES string of the molecule is O=C1c2cnc3n[nH]c(-c4ccccc4)c3c2C(=O)N1c1ccc(Cl)c(C(F)(F)F)c1. The first-order valence-corrected chi connectivity index (χ1v) is 9.33. The zero-order chi connectivity index (χ0) is 21.9. The lowest BCUT2D eigenvalue weighted by Crippen LogP contribution is -2.29. The summed E-state index contributed by atoms with van der Waals surface area (Å²) in [5, 5.41) is 6.73. The normalized spacial score (nSPS) is 13.9. The Morgan fingerprint density at radius 1 is 1.00 bits per heavy atom. The van der Waals surface area contributed by atoms with Crippen LogP contribution >= 0.6 is 11.6 Å². The predicted molar refractivity (Wildman–Crippen MR) is 107 cm³/mol. The minimum Gasteiger partial charge on any atom is -0.275 e. The molecular weight excluding hydrogens is 433 g/mol. The van der Waals surface area contributed by atoms with Crippen LogP contribution in [0.25, 0.3) is 22.3 Å². The van der Waals surface area contributed by atoms with Gasteiger partial charge in [-0.05, 0) is 18.2 Å². The summed E-state index contributed by atoms with van der Waals surface area (Å²) in [5.74, 6) is -1.54. The van der Waals surface area contributed by atoms with Crippen molar-refractivity contribution in [3.05, 3.63) is 76.4 Å². The Labute approximate surface area is 177 Å². The second-order valence-corrected chi connectivity index (χ2v) is 7.22. The molecule has 10 heteroatoms. The summed E-state index contributed by atoms with van der Waals surface area (Å²) in [6.45, 7) is 0. The van der Waals surface area contributed by atoms with Crippen molar-refractivity contribution in [1.29, 1.82) is 0 Å². The summed E-state index contributed by atoms with van der Waals surface area (Å²) >= 11 is 5.67. The smallest absolute Gasteiger partial charge is 0.275 e. The molecule has 1 N–H and O–H groups in total. The van der Waals surface area contributed by atoms with E-state index in [1.54, 1.807) is 24.3 Å². The van der Waals surface area contributed by atoms with E-state index in [1.165, 1.54) is 12.3 Å². The van der Waals surface area contributed by atoms with Crippen molar-refractivity contribution in [3.8, 4) is 11.3 Å². The Kier molecular flexibility index (Phi) is 4.13. The van der Waals surface area contributed by atoms with Crippen LogP contribution in [0.4, 0.5) is 18.9 Å². The van der Waals surface area contributed by atoms with Gasteiger partial charge in [-0.25, -0.2) is 9.88 Å². The fourth-order valence-corrected chi connectivity index (χ4v) is 3.84. The Bertz CT molecular complexity index is 1380. The first-order chi connectivity index (χ1) is 14.8. The lowest BCUT2D eigenvalue weighted by atomic mass is 10.0. The molecule has 0 unspecified atom stereocenters. The number of H-pyrrole nitrogens is 1. The summed E-state index contributed by atoms with van der Waals surface area (Å²) in [4.78, 5) is 31.1. The number of anilines is 1. The molecule has 1 aliphatic heterocycles. The molecule has 0 atom stereocenters. The molecule has 2 aromatic carbocycles. The monoisotopic (exact) mass is 442 g/mol. The van der Waals surface area contributed by atoms with Gasteiger partial charge < -0.3 is 0 Å². The van der Waals surface area contributed by atoms with Crippen molar-refractivity contribution >= 4 is 40.1 Å². The van der Waals surface area contributed by atoms with Crippen LogP contribution in [0.3, 0.4) is 0 Å². The summed E-state index contributed by atoms with van der Waals surface area (Å²) in [5.41, 5.74) is 0.0544. The Morgan fingerprint density at radius 2 is 1.74 bits per heavy atom. The van der Waals surface area contributed by atoms with Crippen molar-refractivity contribution in [2.24, 2.45) is 0 Å². The molecule has 31 heavy (non-hydrogen) atoms. The van der Waals surface area contributed by atoms with Crippen molar-refractivity contribution < 1.29 is 22.8 Å². The second-order valence-electron chi connectivity index (χ2n) is 6.82. The number of rotatable bonds is 2. The third kappa shape index (κ3) is 2.89. The summed E-state index contributed by atoms with van der Waals surface area (Å²) in [6.07, 6.45) is -3.54. The molecular formula is C21H10ClF3N4O2. The van der Waals surface area contributed by atoms with Gasteiger partial charge in [-0.1, -0.05) is 41.9 Å². The van der Waals surface area contributed by atoms with E-state index in [4.69, 9.17) is 11.6 Å². The van der Waals surface area contributed by atoms with E-state index in [0.717, 1.165) is 6.07 Å². The lowest BCUT2D eigenvalue weighted by molar-refractivity contribution is -0.137. The molecule has 0 saturated heterocycles. The molecule has 6 nitrogen and oxygen atoms in total. The largest absolute Gasteiger partial charge is 0.417 e. The molecule has 3 heterocycles. The van der Waals surface area contributed by atoms with E-state index >= 15 is 0 Å². The highest BCUT2D eigenvalue weighted by atomic mass is 35.5. The molecule has 0 spiro atoms. The molecule has 1 aliphatic rings. The zero-order valence-electron chi connectivity index (χ0n) is 15.4. The fourth-order valence-electron chi connectivity index (χ4n) is 3.61. The van der Waals surface area contributed by atoms with Crippen LogP contribution < -0.4 is 4.90 Å². The number of alkyl halides is 3. The number of nitrogens with one attached hydrogen (secondary N) is 1. The van der Waals surface area contributed by atoms with E-state index in [9.17, 15) is 22.8 Å². The number of fused-ring (bicyclic) bond motifs is 3. The number of halogens is 4. The van der Waals surface area contributed by atoms with Crippen LogP contribution in [0.1, 0.15) is 26.3 Å². The van der Waals surface area contributed by atoms with Crippen LogP contribution in [0.15, 0.2) is 54.7 Å². The van der Waals surface area contributed by atoms with Gasteiger partial charge in [0.15, 0.2) is 5.65 Å².